The van der Waals surface area contributed by atoms with Crippen LogP contribution in [0.1, 0.15) is 27.8 Å². The van der Waals surface area contributed by atoms with E-state index in [1.54, 1.807) is 0 Å². The van der Waals surface area contributed by atoms with E-state index in [4.69, 9.17) is 0 Å². The van der Waals surface area contributed by atoms with Gasteiger partial charge in [0.1, 0.15) is 0 Å². The quantitative estimate of drug-likeness (QED) is 0.231. The minimum absolute atomic E-state index is 0.334. The van der Waals surface area contributed by atoms with Crippen LogP contribution >= 0.6 is 0 Å². The van der Waals surface area contributed by atoms with Crippen molar-refractivity contribution in [2.75, 3.05) is 0 Å². The molecule has 0 fully saturated rings. The van der Waals surface area contributed by atoms with E-state index in [-0.39, 0.29) is 5.41 Å². The highest BCUT2D eigenvalue weighted by Crippen LogP contribution is 2.64. The van der Waals surface area contributed by atoms with Gasteiger partial charge in [0.2, 0.25) is 0 Å². The van der Waals surface area contributed by atoms with Gasteiger partial charge in [0.05, 0.1) is 5.41 Å². The zero-order chi connectivity index (χ0) is 23.9. The summed E-state index contributed by atoms with van der Waals surface area (Å²) in [7, 11) is 0. The molecular weight excluding hydrogens is 432 g/mol. The van der Waals surface area contributed by atoms with Crippen LogP contribution in [0.5, 0.6) is 0 Å². The van der Waals surface area contributed by atoms with Gasteiger partial charge in [0, 0.05) is 0 Å². The van der Waals surface area contributed by atoms with Crippen LogP contribution in [0.3, 0.4) is 0 Å². The predicted molar refractivity (Wildman–Crippen MR) is 150 cm³/mol. The molecule has 0 amide bonds. The molecule has 1 spiro atoms. The lowest BCUT2D eigenvalue weighted by Gasteiger charge is -2.32. The average Bonchev–Trinajstić information content (AvgIpc) is 3.41. The van der Waals surface area contributed by atoms with E-state index in [0.29, 0.717) is 0 Å². The molecule has 0 radical (unpaired) electrons. The molecule has 0 nitrogen and oxygen atoms in total. The lowest BCUT2D eigenvalue weighted by atomic mass is 9.68. The molecule has 36 heavy (non-hydrogen) atoms. The second kappa shape index (κ2) is 7.06. The van der Waals surface area contributed by atoms with E-state index in [2.05, 4.69) is 134 Å². The number of hydrogen-bond acceptors (Lipinski definition) is 0. The van der Waals surface area contributed by atoms with Gasteiger partial charge in [-0.05, 0) is 78.9 Å². The maximum Gasteiger partial charge on any atom is 0.0731 e. The molecule has 0 bridgehead atoms. The average molecular weight is 457 g/mol. The van der Waals surface area contributed by atoms with Crippen LogP contribution in [-0.2, 0) is 5.41 Å². The SMILES string of the molecule is Cc1ccc2ccccc2c1-c1cccc2c1C1(c3ccccc3-c3ccccc31)c1ccccc1-2. The first-order valence-electron chi connectivity index (χ1n) is 12.7. The number of aryl methyl sites for hydroxylation is 1. The Morgan fingerprint density at radius 2 is 0.917 bits per heavy atom. The molecule has 0 heterocycles. The molecule has 8 rings (SSSR count). The molecule has 2 aliphatic carbocycles. The third-order valence-corrected chi connectivity index (χ3v) is 8.42. The summed E-state index contributed by atoms with van der Waals surface area (Å²) in [5.74, 6) is 0. The largest absolute Gasteiger partial charge is 0.0731 e. The fourth-order valence-corrected chi connectivity index (χ4v) is 7.10. The van der Waals surface area contributed by atoms with Gasteiger partial charge < -0.3 is 0 Å². The Bertz CT molecular complexity index is 1790. The van der Waals surface area contributed by atoms with Crippen LogP contribution in [0.4, 0.5) is 0 Å². The zero-order valence-corrected chi connectivity index (χ0v) is 20.1. The van der Waals surface area contributed by atoms with Gasteiger partial charge >= 0.3 is 0 Å². The highest BCUT2D eigenvalue weighted by Gasteiger charge is 2.52. The van der Waals surface area contributed by atoms with Crippen LogP contribution in [0.2, 0.25) is 0 Å². The first-order valence-corrected chi connectivity index (χ1v) is 12.7. The lowest BCUT2D eigenvalue weighted by Crippen LogP contribution is -2.26. The van der Waals surface area contributed by atoms with Crippen LogP contribution in [0, 0.1) is 6.92 Å². The molecular formula is C36H24. The van der Waals surface area contributed by atoms with Gasteiger partial charge in [-0.15, -0.1) is 0 Å². The van der Waals surface area contributed by atoms with Crippen molar-refractivity contribution in [2.24, 2.45) is 0 Å². The lowest BCUT2D eigenvalue weighted by molar-refractivity contribution is 0.796. The van der Waals surface area contributed by atoms with Gasteiger partial charge in [-0.25, -0.2) is 0 Å². The molecule has 0 aromatic heterocycles. The van der Waals surface area contributed by atoms with E-state index >= 15 is 0 Å². The van der Waals surface area contributed by atoms with Crippen molar-refractivity contribution in [3.05, 3.63) is 155 Å². The van der Waals surface area contributed by atoms with Gasteiger partial charge in [-0.1, -0.05) is 127 Å². The molecule has 0 atom stereocenters. The van der Waals surface area contributed by atoms with Gasteiger partial charge in [0.15, 0.2) is 0 Å². The molecule has 0 heteroatoms. The van der Waals surface area contributed by atoms with E-state index < -0.39 is 0 Å². The summed E-state index contributed by atoms with van der Waals surface area (Å²) in [5, 5.41) is 2.60. The summed E-state index contributed by atoms with van der Waals surface area (Å²) < 4.78 is 0. The molecule has 2 aliphatic rings. The minimum atomic E-state index is -0.334. The Kier molecular flexibility index (Phi) is 3.89. The van der Waals surface area contributed by atoms with Crippen molar-refractivity contribution >= 4 is 10.8 Å². The maximum absolute atomic E-state index is 2.36. The van der Waals surface area contributed by atoms with Gasteiger partial charge in [-0.3, -0.25) is 0 Å². The molecule has 0 aliphatic heterocycles. The third kappa shape index (κ3) is 2.30. The molecule has 0 N–H and O–H groups in total. The number of hydrogen-bond donors (Lipinski definition) is 0. The second-order valence-electron chi connectivity index (χ2n) is 10.1. The molecule has 0 saturated heterocycles. The van der Waals surface area contributed by atoms with E-state index in [1.165, 1.54) is 72.0 Å². The molecule has 0 unspecified atom stereocenters. The fraction of sp³-hybridized carbons (Fsp3) is 0.0556. The predicted octanol–water partition coefficient (Wildman–Crippen LogP) is 9.16. The first kappa shape index (κ1) is 19.8. The fourth-order valence-electron chi connectivity index (χ4n) is 7.10. The van der Waals surface area contributed by atoms with Crippen molar-refractivity contribution in [3.63, 3.8) is 0 Å². The van der Waals surface area contributed by atoms with Crippen molar-refractivity contribution < 1.29 is 0 Å². The first-order chi connectivity index (χ1) is 17.8. The Morgan fingerprint density at radius 3 is 1.58 bits per heavy atom. The summed E-state index contributed by atoms with van der Waals surface area (Å²) in [4.78, 5) is 0. The van der Waals surface area contributed by atoms with E-state index in [9.17, 15) is 0 Å². The Morgan fingerprint density at radius 1 is 0.417 bits per heavy atom. The van der Waals surface area contributed by atoms with Crippen molar-refractivity contribution in [1.29, 1.82) is 0 Å². The molecule has 6 aromatic rings. The van der Waals surface area contributed by atoms with E-state index in [0.717, 1.165) is 0 Å². The summed E-state index contributed by atoms with van der Waals surface area (Å²) >= 11 is 0. The summed E-state index contributed by atoms with van der Waals surface area (Å²) in [6, 6.07) is 47.4. The Hall–Kier alpha value is -4.42. The minimum Gasteiger partial charge on any atom is -0.0619 e. The highest BCUT2D eigenvalue weighted by molar-refractivity contribution is 6.04. The monoisotopic (exact) mass is 456 g/mol. The third-order valence-electron chi connectivity index (χ3n) is 8.42. The topological polar surface area (TPSA) is 0 Å². The van der Waals surface area contributed by atoms with Crippen LogP contribution < -0.4 is 0 Å². The summed E-state index contributed by atoms with van der Waals surface area (Å²) in [6.07, 6.45) is 0. The van der Waals surface area contributed by atoms with Crippen LogP contribution in [0.15, 0.2) is 127 Å². The maximum atomic E-state index is 2.36. The van der Waals surface area contributed by atoms with Crippen LogP contribution in [0.25, 0.3) is 44.2 Å². The molecule has 168 valence electrons. The van der Waals surface area contributed by atoms with Gasteiger partial charge in [-0.2, -0.15) is 0 Å². The number of benzene rings is 6. The van der Waals surface area contributed by atoms with Crippen molar-refractivity contribution in [1.82, 2.24) is 0 Å². The molecule has 6 aromatic carbocycles. The number of rotatable bonds is 1. The van der Waals surface area contributed by atoms with Gasteiger partial charge in [0.25, 0.3) is 0 Å². The number of fused-ring (bicyclic) bond motifs is 11. The smallest absolute Gasteiger partial charge is 0.0619 e. The highest BCUT2D eigenvalue weighted by atomic mass is 14.5. The summed E-state index contributed by atoms with van der Waals surface area (Å²) in [6.45, 7) is 2.26. The summed E-state index contributed by atoms with van der Waals surface area (Å²) in [5.41, 5.74) is 14.6. The second-order valence-corrected chi connectivity index (χ2v) is 10.1. The Balaban J connectivity index is 1.61. The Labute approximate surface area is 211 Å². The molecule has 0 saturated carbocycles. The van der Waals surface area contributed by atoms with Crippen LogP contribution in [-0.4, -0.2) is 0 Å². The van der Waals surface area contributed by atoms with E-state index in [1.807, 2.05) is 0 Å². The zero-order valence-electron chi connectivity index (χ0n) is 20.1. The van der Waals surface area contributed by atoms with Crippen molar-refractivity contribution in [2.45, 2.75) is 12.3 Å². The van der Waals surface area contributed by atoms with Crippen molar-refractivity contribution in [3.8, 4) is 33.4 Å². The normalized spacial score (nSPS) is 13.9. The standard InChI is InChI=1S/C36H24/c1-23-21-22-24-11-2-3-12-25(24)34(23)30-17-10-16-29-28-15-6-9-20-33(28)36(35(29)30)31-18-7-4-13-26(31)27-14-5-8-19-32(27)36/h2-22H,1H3.